The predicted molar refractivity (Wildman–Crippen MR) is 84.5 cm³/mol. The van der Waals surface area contributed by atoms with E-state index in [0.29, 0.717) is 16.2 Å². The zero-order chi connectivity index (χ0) is 15.0. The maximum atomic E-state index is 13.9. The highest BCUT2D eigenvalue weighted by Crippen LogP contribution is 2.34. The average Bonchev–Trinajstić information content (AvgIpc) is 3.05. The van der Waals surface area contributed by atoms with Crippen LogP contribution in [-0.2, 0) is 0 Å². The van der Waals surface area contributed by atoms with Gasteiger partial charge in [0, 0.05) is 23.2 Å². The molecule has 2 aromatic rings. The highest BCUT2D eigenvalue weighted by atomic mass is 32.1. The van der Waals surface area contributed by atoms with Crippen LogP contribution in [0.3, 0.4) is 0 Å². The molecule has 3 nitrogen and oxygen atoms in total. The van der Waals surface area contributed by atoms with Crippen molar-refractivity contribution in [1.29, 1.82) is 0 Å². The number of likely N-dealkylation sites (tertiary alicyclic amines) is 1. The molecule has 0 radical (unpaired) electrons. The Morgan fingerprint density at radius 3 is 3.05 bits per heavy atom. The minimum Gasteiger partial charge on any atom is -0.338 e. The summed E-state index contributed by atoms with van der Waals surface area (Å²) in [6, 6.07) is 5.02. The predicted octanol–water partition coefficient (Wildman–Crippen LogP) is 3.03. The topological polar surface area (TPSA) is 32.3 Å². The normalized spacial score (nSPS) is 18.6. The van der Waals surface area contributed by atoms with Gasteiger partial charge in [-0.05, 0) is 50.6 Å². The molecule has 5 heteroatoms. The van der Waals surface area contributed by atoms with Crippen molar-refractivity contribution < 1.29 is 9.18 Å². The van der Waals surface area contributed by atoms with Crippen molar-refractivity contribution in [2.75, 3.05) is 26.7 Å². The summed E-state index contributed by atoms with van der Waals surface area (Å²) < 4.78 is 14.8. The van der Waals surface area contributed by atoms with Gasteiger partial charge in [0.2, 0.25) is 0 Å². The Labute approximate surface area is 127 Å². The maximum absolute atomic E-state index is 13.9. The van der Waals surface area contributed by atoms with E-state index >= 15 is 0 Å². The van der Waals surface area contributed by atoms with Gasteiger partial charge >= 0.3 is 0 Å². The van der Waals surface area contributed by atoms with Crippen LogP contribution in [0.25, 0.3) is 10.1 Å². The molecule has 0 spiro atoms. The van der Waals surface area contributed by atoms with E-state index in [1.54, 1.807) is 6.07 Å². The lowest BCUT2D eigenvalue weighted by Crippen LogP contribution is -2.30. The molecular formula is C16H19FN2OS. The van der Waals surface area contributed by atoms with Crippen LogP contribution in [0.2, 0.25) is 0 Å². The third-order valence-corrected chi connectivity index (χ3v) is 5.41. The minimum absolute atomic E-state index is 0.0479. The Morgan fingerprint density at radius 1 is 1.52 bits per heavy atom. The molecule has 0 aliphatic carbocycles. The molecule has 3 rings (SSSR count). The van der Waals surface area contributed by atoms with Gasteiger partial charge in [0.25, 0.3) is 5.91 Å². The summed E-state index contributed by atoms with van der Waals surface area (Å²) in [6.07, 6.45) is 1.03. The number of fused-ring (bicyclic) bond motifs is 1. The number of aryl methyl sites for hydroxylation is 1. The van der Waals surface area contributed by atoms with Crippen molar-refractivity contribution in [2.45, 2.75) is 13.3 Å². The summed E-state index contributed by atoms with van der Waals surface area (Å²) in [7, 11) is 1.93. The van der Waals surface area contributed by atoms with E-state index in [1.165, 1.54) is 17.4 Å². The molecule has 1 atom stereocenters. The van der Waals surface area contributed by atoms with Crippen molar-refractivity contribution in [3.63, 3.8) is 0 Å². The highest BCUT2D eigenvalue weighted by molar-refractivity contribution is 7.21. The fourth-order valence-electron chi connectivity index (χ4n) is 3.07. The molecule has 1 aliphatic rings. The standard InChI is InChI=1S/C16H19FN2OS/c1-10-14-12(17)4-3-5-13(14)21-15(10)16(20)19-7-6-11(9-19)8-18-2/h3-5,11,18H,6-9H2,1-2H3. The first-order valence-corrected chi connectivity index (χ1v) is 8.05. The van der Waals surface area contributed by atoms with Gasteiger partial charge in [0.05, 0.1) is 4.88 Å². The molecule has 0 saturated carbocycles. The van der Waals surface area contributed by atoms with E-state index in [1.807, 2.05) is 24.9 Å². The molecule has 1 aliphatic heterocycles. The SMILES string of the molecule is CNCC1CCN(C(=O)c2sc3cccc(F)c3c2C)C1. The lowest BCUT2D eigenvalue weighted by Gasteiger charge is -2.16. The first kappa shape index (κ1) is 14.5. The van der Waals surface area contributed by atoms with E-state index in [-0.39, 0.29) is 11.7 Å². The number of rotatable bonds is 3. The van der Waals surface area contributed by atoms with E-state index < -0.39 is 0 Å². The summed E-state index contributed by atoms with van der Waals surface area (Å²) in [5.74, 6) is 0.326. The Kier molecular flexibility index (Phi) is 3.95. The first-order valence-electron chi connectivity index (χ1n) is 7.23. The van der Waals surface area contributed by atoms with E-state index in [0.717, 1.165) is 36.3 Å². The molecule has 1 fully saturated rings. The smallest absolute Gasteiger partial charge is 0.264 e. The number of hydrogen-bond acceptors (Lipinski definition) is 3. The summed E-state index contributed by atoms with van der Waals surface area (Å²) in [5, 5.41) is 3.76. The quantitative estimate of drug-likeness (QED) is 0.945. The molecule has 1 saturated heterocycles. The van der Waals surface area contributed by atoms with Crippen molar-refractivity contribution in [1.82, 2.24) is 10.2 Å². The first-order chi connectivity index (χ1) is 10.1. The second-order valence-corrected chi connectivity index (χ2v) is 6.68. The van der Waals surface area contributed by atoms with Gasteiger partial charge in [-0.1, -0.05) is 6.07 Å². The number of halogens is 1. The second-order valence-electron chi connectivity index (χ2n) is 5.63. The van der Waals surface area contributed by atoms with Gasteiger partial charge < -0.3 is 10.2 Å². The van der Waals surface area contributed by atoms with Crippen LogP contribution in [0.15, 0.2) is 18.2 Å². The molecule has 1 aromatic heterocycles. The van der Waals surface area contributed by atoms with Crippen LogP contribution in [0.5, 0.6) is 0 Å². The second kappa shape index (κ2) is 5.73. The van der Waals surface area contributed by atoms with Crippen molar-refractivity contribution >= 4 is 27.3 Å². The van der Waals surface area contributed by atoms with E-state index in [4.69, 9.17) is 0 Å². The van der Waals surface area contributed by atoms with Crippen LogP contribution in [-0.4, -0.2) is 37.5 Å². The Morgan fingerprint density at radius 2 is 2.33 bits per heavy atom. The van der Waals surface area contributed by atoms with Crippen molar-refractivity contribution in [3.05, 3.63) is 34.5 Å². The van der Waals surface area contributed by atoms with Crippen LogP contribution >= 0.6 is 11.3 Å². The average molecular weight is 306 g/mol. The fourth-order valence-corrected chi connectivity index (χ4v) is 4.26. The zero-order valence-corrected chi connectivity index (χ0v) is 13.1. The zero-order valence-electron chi connectivity index (χ0n) is 12.3. The summed E-state index contributed by atoms with van der Waals surface area (Å²) in [4.78, 5) is 15.3. The van der Waals surface area contributed by atoms with Gasteiger partial charge in [-0.15, -0.1) is 11.3 Å². The molecule has 1 aromatic carbocycles. The molecule has 2 heterocycles. The van der Waals surface area contributed by atoms with E-state index in [2.05, 4.69) is 5.32 Å². The lowest BCUT2D eigenvalue weighted by molar-refractivity contribution is 0.0791. The van der Waals surface area contributed by atoms with E-state index in [9.17, 15) is 9.18 Å². The van der Waals surface area contributed by atoms with Gasteiger partial charge in [0.15, 0.2) is 0 Å². The number of benzene rings is 1. The molecular weight excluding hydrogens is 287 g/mol. The van der Waals surface area contributed by atoms with Gasteiger partial charge in [-0.25, -0.2) is 4.39 Å². The van der Waals surface area contributed by atoms with Crippen molar-refractivity contribution in [2.24, 2.45) is 5.92 Å². The van der Waals surface area contributed by atoms with Gasteiger partial charge in [-0.3, -0.25) is 4.79 Å². The number of hydrogen-bond donors (Lipinski definition) is 1. The number of nitrogens with one attached hydrogen (secondary N) is 1. The third-order valence-electron chi connectivity index (χ3n) is 4.16. The molecule has 1 N–H and O–H groups in total. The number of carbonyl (C=O) groups is 1. The summed E-state index contributed by atoms with van der Waals surface area (Å²) in [6.45, 7) is 4.36. The van der Waals surface area contributed by atoms with Gasteiger partial charge in [-0.2, -0.15) is 0 Å². The molecule has 1 unspecified atom stereocenters. The van der Waals surface area contributed by atoms with Gasteiger partial charge in [0.1, 0.15) is 5.82 Å². The number of carbonyl (C=O) groups excluding carboxylic acids is 1. The lowest BCUT2D eigenvalue weighted by atomic mass is 10.1. The van der Waals surface area contributed by atoms with Crippen LogP contribution in [0.1, 0.15) is 21.7 Å². The number of nitrogens with zero attached hydrogens (tertiary/aromatic N) is 1. The largest absolute Gasteiger partial charge is 0.338 e. The summed E-state index contributed by atoms with van der Waals surface area (Å²) >= 11 is 1.40. The molecule has 21 heavy (non-hydrogen) atoms. The monoisotopic (exact) mass is 306 g/mol. The molecule has 1 amide bonds. The maximum Gasteiger partial charge on any atom is 0.264 e. The highest BCUT2D eigenvalue weighted by Gasteiger charge is 2.29. The van der Waals surface area contributed by atoms with Crippen LogP contribution in [0.4, 0.5) is 4.39 Å². The minimum atomic E-state index is -0.241. The van der Waals surface area contributed by atoms with Crippen LogP contribution in [0, 0.1) is 18.7 Å². The Hall–Kier alpha value is -1.46. The van der Waals surface area contributed by atoms with Crippen molar-refractivity contribution in [3.8, 4) is 0 Å². The molecule has 0 bridgehead atoms. The number of thiophene rings is 1. The Balaban J connectivity index is 1.89. The third kappa shape index (κ3) is 2.56. The van der Waals surface area contributed by atoms with Crippen LogP contribution < -0.4 is 5.32 Å². The Bertz CT molecular complexity index is 682. The molecule has 112 valence electrons. The fraction of sp³-hybridized carbons (Fsp3) is 0.438. The summed E-state index contributed by atoms with van der Waals surface area (Å²) in [5.41, 5.74) is 0.773. The number of amides is 1.